The van der Waals surface area contributed by atoms with Crippen LogP contribution in [0.2, 0.25) is 0 Å². The highest BCUT2D eigenvalue weighted by atomic mass is 19.4. The summed E-state index contributed by atoms with van der Waals surface area (Å²) in [6, 6.07) is 12.6. The van der Waals surface area contributed by atoms with Crippen LogP contribution in [-0.2, 0) is 12.6 Å². The van der Waals surface area contributed by atoms with Gasteiger partial charge in [-0.3, -0.25) is 0 Å². The van der Waals surface area contributed by atoms with Crippen LogP contribution in [0, 0.1) is 5.92 Å². The second-order valence-corrected chi connectivity index (χ2v) is 6.14. The number of hydrogen-bond donors (Lipinski definition) is 1. The molecule has 2 nitrogen and oxygen atoms in total. The topological polar surface area (TPSA) is 21.3 Å². The van der Waals surface area contributed by atoms with Crippen molar-refractivity contribution in [2.24, 2.45) is 5.92 Å². The monoisotopic (exact) mass is 335 g/mol. The first kappa shape index (κ1) is 16.8. The Morgan fingerprint density at radius 2 is 1.62 bits per heavy atom. The minimum atomic E-state index is -4.43. The predicted octanol–water partition coefficient (Wildman–Crippen LogP) is 5.04. The Morgan fingerprint density at radius 1 is 0.958 bits per heavy atom. The third-order valence-electron chi connectivity index (χ3n) is 4.33. The molecule has 0 aromatic heterocycles. The van der Waals surface area contributed by atoms with Crippen molar-refractivity contribution in [3.05, 3.63) is 59.7 Å². The average molecular weight is 335 g/mol. The van der Waals surface area contributed by atoms with Crippen LogP contribution in [-0.4, -0.2) is 13.1 Å². The van der Waals surface area contributed by atoms with Gasteiger partial charge in [-0.2, -0.15) is 13.2 Å². The second kappa shape index (κ2) is 7.26. The SMILES string of the molecule is FC(F)(F)c1ccccc1Oc1ccc(CC2CCNCC2)cc1. The quantitative estimate of drug-likeness (QED) is 0.845. The molecule has 1 heterocycles. The minimum Gasteiger partial charge on any atom is -0.457 e. The van der Waals surface area contributed by atoms with Crippen LogP contribution in [0.15, 0.2) is 48.5 Å². The standard InChI is InChI=1S/C19H20F3NO/c20-19(21,22)17-3-1-2-4-18(17)24-16-7-5-14(6-8-16)13-15-9-11-23-12-10-15/h1-8,15,23H,9-13H2. The summed E-state index contributed by atoms with van der Waals surface area (Å²) in [5.41, 5.74) is 0.433. The Labute approximate surface area is 139 Å². The summed E-state index contributed by atoms with van der Waals surface area (Å²) in [4.78, 5) is 0. The molecule has 0 amide bonds. The summed E-state index contributed by atoms with van der Waals surface area (Å²) in [5.74, 6) is 0.917. The lowest BCUT2D eigenvalue weighted by Crippen LogP contribution is -2.28. The smallest absolute Gasteiger partial charge is 0.419 e. The van der Waals surface area contributed by atoms with Crippen molar-refractivity contribution in [3.63, 3.8) is 0 Å². The maximum Gasteiger partial charge on any atom is 0.419 e. The van der Waals surface area contributed by atoms with Gasteiger partial charge in [-0.05, 0) is 68.1 Å². The lowest BCUT2D eigenvalue weighted by atomic mass is 9.91. The number of nitrogens with one attached hydrogen (secondary N) is 1. The highest BCUT2D eigenvalue weighted by molar-refractivity contribution is 5.40. The number of benzene rings is 2. The number of para-hydroxylation sites is 1. The number of rotatable bonds is 4. The molecule has 1 saturated heterocycles. The molecule has 1 aliphatic heterocycles. The van der Waals surface area contributed by atoms with Gasteiger partial charge in [0.05, 0.1) is 5.56 Å². The summed E-state index contributed by atoms with van der Waals surface area (Å²) in [6.45, 7) is 2.11. The first-order chi connectivity index (χ1) is 11.5. The van der Waals surface area contributed by atoms with Crippen LogP contribution in [0.25, 0.3) is 0 Å². The van der Waals surface area contributed by atoms with Crippen LogP contribution in [0.3, 0.4) is 0 Å². The zero-order valence-electron chi connectivity index (χ0n) is 13.3. The molecule has 0 atom stereocenters. The maximum atomic E-state index is 13.0. The van der Waals surface area contributed by atoms with E-state index in [-0.39, 0.29) is 5.75 Å². The number of alkyl halides is 3. The summed E-state index contributed by atoms with van der Waals surface area (Å²) < 4.78 is 44.4. The number of hydrogen-bond acceptors (Lipinski definition) is 2. The lowest BCUT2D eigenvalue weighted by Gasteiger charge is -2.22. The molecule has 0 spiro atoms. The molecule has 1 N–H and O–H groups in total. The van der Waals surface area contributed by atoms with Gasteiger partial charge < -0.3 is 10.1 Å². The van der Waals surface area contributed by atoms with Gasteiger partial charge in [0.2, 0.25) is 0 Å². The van der Waals surface area contributed by atoms with Gasteiger partial charge in [-0.1, -0.05) is 24.3 Å². The van der Waals surface area contributed by atoms with Crippen molar-refractivity contribution < 1.29 is 17.9 Å². The highest BCUT2D eigenvalue weighted by Crippen LogP contribution is 2.37. The molecule has 1 fully saturated rings. The Kier molecular flexibility index (Phi) is 5.09. The minimum absolute atomic E-state index is 0.170. The van der Waals surface area contributed by atoms with E-state index >= 15 is 0 Å². The van der Waals surface area contributed by atoms with E-state index < -0.39 is 11.7 Å². The first-order valence-electron chi connectivity index (χ1n) is 8.16. The van der Waals surface area contributed by atoms with Crippen molar-refractivity contribution in [2.45, 2.75) is 25.4 Å². The van der Waals surface area contributed by atoms with Crippen LogP contribution >= 0.6 is 0 Å². The highest BCUT2D eigenvalue weighted by Gasteiger charge is 2.34. The Balaban J connectivity index is 1.68. The predicted molar refractivity (Wildman–Crippen MR) is 87.3 cm³/mol. The van der Waals surface area contributed by atoms with Gasteiger partial charge in [-0.15, -0.1) is 0 Å². The molecule has 0 radical (unpaired) electrons. The van der Waals surface area contributed by atoms with Gasteiger partial charge in [0.1, 0.15) is 11.5 Å². The first-order valence-corrected chi connectivity index (χ1v) is 8.16. The zero-order chi connectivity index (χ0) is 17.0. The van der Waals surface area contributed by atoms with Crippen molar-refractivity contribution in [3.8, 4) is 11.5 Å². The van der Waals surface area contributed by atoms with E-state index in [1.54, 1.807) is 12.1 Å². The van der Waals surface area contributed by atoms with Crippen LogP contribution in [0.5, 0.6) is 11.5 Å². The third-order valence-corrected chi connectivity index (χ3v) is 4.33. The zero-order valence-corrected chi connectivity index (χ0v) is 13.3. The van der Waals surface area contributed by atoms with Gasteiger partial charge in [-0.25, -0.2) is 0 Å². The average Bonchev–Trinajstić information content (AvgIpc) is 2.57. The molecule has 3 rings (SSSR count). The maximum absolute atomic E-state index is 13.0. The Morgan fingerprint density at radius 3 is 2.29 bits per heavy atom. The lowest BCUT2D eigenvalue weighted by molar-refractivity contribution is -0.138. The third kappa shape index (κ3) is 4.29. The summed E-state index contributed by atoms with van der Waals surface area (Å²) in [6.07, 6.45) is -1.10. The largest absolute Gasteiger partial charge is 0.457 e. The molecule has 0 saturated carbocycles. The van der Waals surface area contributed by atoms with Crippen molar-refractivity contribution in [1.82, 2.24) is 5.32 Å². The molecule has 128 valence electrons. The van der Waals surface area contributed by atoms with Gasteiger partial charge in [0.15, 0.2) is 0 Å². The molecule has 5 heteroatoms. The van der Waals surface area contributed by atoms with Crippen LogP contribution < -0.4 is 10.1 Å². The van der Waals surface area contributed by atoms with E-state index in [2.05, 4.69) is 5.32 Å². The summed E-state index contributed by atoms with van der Waals surface area (Å²) in [7, 11) is 0. The normalized spacial score (nSPS) is 16.1. The van der Waals surface area contributed by atoms with E-state index in [9.17, 15) is 13.2 Å². The van der Waals surface area contributed by atoms with Crippen molar-refractivity contribution in [2.75, 3.05) is 13.1 Å². The molecule has 0 unspecified atom stereocenters. The Hall–Kier alpha value is -2.01. The fourth-order valence-corrected chi connectivity index (χ4v) is 3.03. The fraction of sp³-hybridized carbons (Fsp3) is 0.368. The van der Waals surface area contributed by atoms with E-state index in [1.165, 1.54) is 23.8 Å². The molecule has 24 heavy (non-hydrogen) atoms. The summed E-state index contributed by atoms with van der Waals surface area (Å²) >= 11 is 0. The van der Waals surface area contributed by atoms with E-state index in [0.29, 0.717) is 11.7 Å². The molecule has 1 aliphatic rings. The van der Waals surface area contributed by atoms with Gasteiger partial charge >= 0.3 is 6.18 Å². The Bertz CT molecular complexity index is 661. The molecular formula is C19H20F3NO. The molecule has 2 aromatic rings. The molecule has 0 bridgehead atoms. The van der Waals surface area contributed by atoms with Gasteiger partial charge in [0.25, 0.3) is 0 Å². The van der Waals surface area contributed by atoms with E-state index in [4.69, 9.17) is 4.74 Å². The van der Waals surface area contributed by atoms with E-state index in [0.717, 1.165) is 38.4 Å². The van der Waals surface area contributed by atoms with Crippen molar-refractivity contribution >= 4 is 0 Å². The second-order valence-electron chi connectivity index (χ2n) is 6.14. The number of piperidine rings is 1. The van der Waals surface area contributed by atoms with Crippen LogP contribution in [0.4, 0.5) is 13.2 Å². The van der Waals surface area contributed by atoms with Crippen molar-refractivity contribution in [1.29, 1.82) is 0 Å². The fourth-order valence-electron chi connectivity index (χ4n) is 3.03. The number of halogens is 3. The molecule has 0 aliphatic carbocycles. The summed E-state index contributed by atoms with van der Waals surface area (Å²) in [5, 5.41) is 3.34. The van der Waals surface area contributed by atoms with E-state index in [1.807, 2.05) is 12.1 Å². The molecular weight excluding hydrogens is 315 g/mol. The van der Waals surface area contributed by atoms with Crippen LogP contribution in [0.1, 0.15) is 24.0 Å². The number of ether oxygens (including phenoxy) is 1. The van der Waals surface area contributed by atoms with Gasteiger partial charge in [0, 0.05) is 0 Å². The molecule has 2 aromatic carbocycles.